The SMILES string of the molecule is COc1cccc(N2CCN(c3nc4c(OC)ccc(Cl)c4s3)CC2)c1. The highest BCUT2D eigenvalue weighted by molar-refractivity contribution is 7.22. The van der Waals surface area contributed by atoms with Crippen LogP contribution in [-0.4, -0.2) is 45.4 Å². The Morgan fingerprint density at radius 3 is 2.50 bits per heavy atom. The van der Waals surface area contributed by atoms with Gasteiger partial charge in [0.1, 0.15) is 17.0 Å². The molecule has 3 aromatic rings. The highest BCUT2D eigenvalue weighted by Crippen LogP contribution is 2.39. The fourth-order valence-electron chi connectivity index (χ4n) is 3.20. The van der Waals surface area contributed by atoms with Gasteiger partial charge in [0.15, 0.2) is 5.13 Å². The number of hydrogen-bond donors (Lipinski definition) is 0. The van der Waals surface area contributed by atoms with Crippen molar-refractivity contribution in [2.75, 3.05) is 50.2 Å². The van der Waals surface area contributed by atoms with Crippen LogP contribution in [0.4, 0.5) is 10.8 Å². The number of rotatable bonds is 4. The van der Waals surface area contributed by atoms with E-state index in [0.29, 0.717) is 0 Å². The molecule has 0 radical (unpaired) electrons. The summed E-state index contributed by atoms with van der Waals surface area (Å²) in [7, 11) is 3.36. The summed E-state index contributed by atoms with van der Waals surface area (Å²) in [6.07, 6.45) is 0. The predicted octanol–water partition coefficient (Wildman–Crippen LogP) is 4.29. The molecule has 1 aromatic heterocycles. The molecule has 5 nitrogen and oxygen atoms in total. The summed E-state index contributed by atoms with van der Waals surface area (Å²) in [6.45, 7) is 3.70. The zero-order chi connectivity index (χ0) is 18.1. The maximum atomic E-state index is 6.35. The molecule has 1 saturated heterocycles. The number of methoxy groups -OCH3 is 2. The normalized spacial score (nSPS) is 14.7. The minimum Gasteiger partial charge on any atom is -0.497 e. The summed E-state index contributed by atoms with van der Waals surface area (Å²) in [5.74, 6) is 1.65. The molecule has 0 atom stereocenters. The van der Waals surface area contributed by atoms with E-state index in [1.807, 2.05) is 24.3 Å². The first kappa shape index (κ1) is 17.2. The van der Waals surface area contributed by atoms with E-state index in [2.05, 4.69) is 21.9 Å². The van der Waals surface area contributed by atoms with Gasteiger partial charge in [-0.25, -0.2) is 4.98 Å². The first-order valence-electron chi connectivity index (χ1n) is 8.46. The first-order chi connectivity index (χ1) is 12.7. The lowest BCUT2D eigenvalue weighted by molar-refractivity contribution is 0.414. The number of ether oxygens (including phenoxy) is 2. The average Bonchev–Trinajstić information content (AvgIpc) is 3.15. The van der Waals surface area contributed by atoms with Gasteiger partial charge in [-0.3, -0.25) is 0 Å². The Kier molecular flexibility index (Phi) is 4.78. The Balaban J connectivity index is 1.53. The average molecular weight is 390 g/mol. The van der Waals surface area contributed by atoms with Gasteiger partial charge in [0.05, 0.1) is 23.9 Å². The van der Waals surface area contributed by atoms with Gasteiger partial charge >= 0.3 is 0 Å². The second-order valence-electron chi connectivity index (χ2n) is 6.10. The second-order valence-corrected chi connectivity index (χ2v) is 7.48. The maximum Gasteiger partial charge on any atom is 0.186 e. The number of fused-ring (bicyclic) bond motifs is 1. The molecule has 0 unspecified atom stereocenters. The van der Waals surface area contributed by atoms with E-state index in [1.54, 1.807) is 25.6 Å². The molecule has 0 amide bonds. The highest BCUT2D eigenvalue weighted by Gasteiger charge is 2.22. The fraction of sp³-hybridized carbons (Fsp3) is 0.316. The van der Waals surface area contributed by atoms with Crippen LogP contribution in [0.3, 0.4) is 0 Å². The Morgan fingerprint density at radius 1 is 1.00 bits per heavy atom. The van der Waals surface area contributed by atoms with E-state index in [9.17, 15) is 0 Å². The van der Waals surface area contributed by atoms with E-state index in [0.717, 1.165) is 58.0 Å². The predicted molar refractivity (Wildman–Crippen MR) is 109 cm³/mol. The molecule has 1 fully saturated rings. The van der Waals surface area contributed by atoms with E-state index < -0.39 is 0 Å². The number of anilines is 2. The van der Waals surface area contributed by atoms with Crippen molar-refractivity contribution in [1.82, 2.24) is 4.98 Å². The quantitative estimate of drug-likeness (QED) is 0.665. The molecule has 136 valence electrons. The lowest BCUT2D eigenvalue weighted by Crippen LogP contribution is -2.46. The Bertz CT molecular complexity index is 922. The summed E-state index contributed by atoms with van der Waals surface area (Å²) in [5.41, 5.74) is 2.04. The van der Waals surface area contributed by atoms with Crippen molar-refractivity contribution in [2.45, 2.75) is 0 Å². The monoisotopic (exact) mass is 389 g/mol. The molecule has 26 heavy (non-hydrogen) atoms. The largest absolute Gasteiger partial charge is 0.497 e. The number of piperazine rings is 1. The Labute approximate surface area is 161 Å². The summed E-state index contributed by atoms with van der Waals surface area (Å²) >= 11 is 7.97. The van der Waals surface area contributed by atoms with Gasteiger partial charge in [0.2, 0.25) is 0 Å². The van der Waals surface area contributed by atoms with Gasteiger partial charge < -0.3 is 19.3 Å². The van der Waals surface area contributed by atoms with Crippen molar-refractivity contribution in [1.29, 1.82) is 0 Å². The molecule has 0 bridgehead atoms. The summed E-state index contributed by atoms with van der Waals surface area (Å²) in [5, 5.41) is 1.72. The third-order valence-electron chi connectivity index (χ3n) is 4.64. The van der Waals surface area contributed by atoms with Gasteiger partial charge in [0.25, 0.3) is 0 Å². The molecular weight excluding hydrogens is 370 g/mol. The molecule has 2 aromatic carbocycles. The van der Waals surface area contributed by atoms with Crippen molar-refractivity contribution < 1.29 is 9.47 Å². The van der Waals surface area contributed by atoms with E-state index in [-0.39, 0.29) is 0 Å². The fourth-order valence-corrected chi connectivity index (χ4v) is 4.51. The van der Waals surface area contributed by atoms with E-state index in [1.165, 1.54) is 5.69 Å². The Morgan fingerprint density at radius 2 is 1.77 bits per heavy atom. The lowest BCUT2D eigenvalue weighted by atomic mass is 10.2. The standard InChI is InChI=1S/C19H20ClN3O2S/c1-24-14-5-3-4-13(12-14)22-8-10-23(11-9-22)19-21-17-16(25-2)7-6-15(20)18(17)26-19/h3-7,12H,8-11H2,1-2H3. The number of hydrogen-bond acceptors (Lipinski definition) is 6. The van der Waals surface area contributed by atoms with Crippen LogP contribution in [0.1, 0.15) is 0 Å². The molecule has 0 aliphatic carbocycles. The topological polar surface area (TPSA) is 37.8 Å². The van der Waals surface area contributed by atoms with E-state index in [4.69, 9.17) is 26.1 Å². The zero-order valence-electron chi connectivity index (χ0n) is 14.7. The molecule has 0 N–H and O–H groups in total. The number of aromatic nitrogens is 1. The van der Waals surface area contributed by atoms with Crippen LogP contribution >= 0.6 is 22.9 Å². The minimum atomic E-state index is 0.722. The third kappa shape index (κ3) is 3.15. The lowest BCUT2D eigenvalue weighted by Gasteiger charge is -2.36. The van der Waals surface area contributed by atoms with Crippen LogP contribution in [0.15, 0.2) is 36.4 Å². The molecular formula is C19H20ClN3O2S. The molecule has 1 aliphatic rings. The van der Waals surface area contributed by atoms with Crippen molar-refractivity contribution in [2.24, 2.45) is 0 Å². The molecule has 4 rings (SSSR count). The second kappa shape index (κ2) is 7.21. The Hall–Kier alpha value is -2.18. The molecule has 2 heterocycles. The van der Waals surface area contributed by atoms with Crippen LogP contribution in [0, 0.1) is 0 Å². The van der Waals surface area contributed by atoms with Gasteiger partial charge in [0, 0.05) is 37.9 Å². The van der Waals surface area contributed by atoms with Crippen LogP contribution in [0.25, 0.3) is 10.2 Å². The maximum absolute atomic E-state index is 6.35. The van der Waals surface area contributed by atoms with Crippen molar-refractivity contribution in [3.8, 4) is 11.5 Å². The summed E-state index contributed by atoms with van der Waals surface area (Å²) in [6, 6.07) is 11.9. The first-order valence-corrected chi connectivity index (χ1v) is 9.66. The number of thiazole rings is 1. The minimum absolute atomic E-state index is 0.722. The van der Waals surface area contributed by atoms with Crippen molar-refractivity contribution in [3.63, 3.8) is 0 Å². The van der Waals surface area contributed by atoms with Crippen LogP contribution in [0.5, 0.6) is 11.5 Å². The van der Waals surface area contributed by atoms with Gasteiger partial charge in [-0.1, -0.05) is 29.0 Å². The summed E-state index contributed by atoms with van der Waals surface area (Å²) < 4.78 is 11.7. The number of halogens is 1. The smallest absolute Gasteiger partial charge is 0.186 e. The highest BCUT2D eigenvalue weighted by atomic mass is 35.5. The van der Waals surface area contributed by atoms with Gasteiger partial charge in [-0.05, 0) is 24.3 Å². The van der Waals surface area contributed by atoms with Crippen LogP contribution < -0.4 is 19.3 Å². The number of benzene rings is 2. The van der Waals surface area contributed by atoms with Crippen LogP contribution in [0.2, 0.25) is 5.02 Å². The zero-order valence-corrected chi connectivity index (χ0v) is 16.3. The van der Waals surface area contributed by atoms with E-state index >= 15 is 0 Å². The third-order valence-corrected chi connectivity index (χ3v) is 6.21. The van der Waals surface area contributed by atoms with Crippen molar-refractivity contribution in [3.05, 3.63) is 41.4 Å². The molecule has 7 heteroatoms. The van der Waals surface area contributed by atoms with Gasteiger partial charge in [-0.15, -0.1) is 0 Å². The van der Waals surface area contributed by atoms with Crippen molar-refractivity contribution >= 4 is 44.0 Å². The molecule has 0 saturated carbocycles. The molecule has 1 aliphatic heterocycles. The van der Waals surface area contributed by atoms with Crippen LogP contribution in [-0.2, 0) is 0 Å². The van der Waals surface area contributed by atoms with Gasteiger partial charge in [-0.2, -0.15) is 0 Å². The summed E-state index contributed by atoms with van der Waals surface area (Å²) in [4.78, 5) is 9.48. The number of nitrogens with zero attached hydrogens (tertiary/aromatic N) is 3. The molecule has 0 spiro atoms.